The van der Waals surface area contributed by atoms with E-state index in [1.54, 1.807) is 6.07 Å². The smallest absolute Gasteiger partial charge is 0.346 e. The summed E-state index contributed by atoms with van der Waals surface area (Å²) in [5, 5.41) is 13.0. The number of benzene rings is 1. The van der Waals surface area contributed by atoms with Gasteiger partial charge >= 0.3 is 5.97 Å². The summed E-state index contributed by atoms with van der Waals surface area (Å²) in [5.74, 6) is -2.54. The number of carboxylic acids is 1. The molecule has 1 saturated heterocycles. The molecule has 3 aliphatic rings. The van der Waals surface area contributed by atoms with Crippen LogP contribution in [-0.4, -0.2) is 67.8 Å². The molecule has 27 heavy (non-hydrogen) atoms. The second-order valence-corrected chi connectivity index (χ2v) is 7.65. The predicted octanol–water partition coefficient (Wildman–Crippen LogP) is 1.26. The third-order valence-corrected chi connectivity index (χ3v) is 5.77. The SMILES string of the molecule is COC1(C(=O)O)CN(C2CC2)c2cc(N3CCNC(C)C3)c(F)cc2C1=O. The molecule has 2 unspecified atom stereocenters. The number of ketones is 1. The lowest BCUT2D eigenvalue weighted by Crippen LogP contribution is -2.60. The van der Waals surface area contributed by atoms with Crippen LogP contribution in [0.1, 0.15) is 30.1 Å². The number of nitrogens with zero attached hydrogens (tertiary/aromatic N) is 2. The van der Waals surface area contributed by atoms with Gasteiger partial charge in [0, 0.05) is 44.4 Å². The van der Waals surface area contributed by atoms with Crippen molar-refractivity contribution in [3.63, 3.8) is 0 Å². The van der Waals surface area contributed by atoms with E-state index in [0.29, 0.717) is 24.5 Å². The number of aliphatic carboxylic acids is 1. The van der Waals surface area contributed by atoms with Gasteiger partial charge in [-0.15, -0.1) is 0 Å². The van der Waals surface area contributed by atoms with Crippen molar-refractivity contribution >= 4 is 23.1 Å². The first-order valence-corrected chi connectivity index (χ1v) is 9.29. The minimum Gasteiger partial charge on any atom is -0.479 e. The Morgan fingerprint density at radius 1 is 1.37 bits per heavy atom. The van der Waals surface area contributed by atoms with E-state index < -0.39 is 23.2 Å². The molecule has 1 aliphatic carbocycles. The van der Waals surface area contributed by atoms with E-state index in [-0.39, 0.29) is 24.2 Å². The number of Topliss-reactive ketones (excluding diaryl/α,β-unsaturated/α-hetero) is 1. The van der Waals surface area contributed by atoms with Crippen LogP contribution in [0.2, 0.25) is 0 Å². The van der Waals surface area contributed by atoms with Gasteiger partial charge in [0.15, 0.2) is 0 Å². The fraction of sp³-hybridized carbons (Fsp3) is 0.579. The fourth-order valence-electron chi connectivity index (χ4n) is 4.10. The maximum Gasteiger partial charge on any atom is 0.346 e. The standard InChI is InChI=1S/C19H24FN3O4/c1-11-9-22(6-5-21-11)16-8-15-13(7-14(16)20)17(24)19(27-2,18(25)26)10-23(15)12-3-4-12/h7-8,11-12,21H,3-6,9-10H2,1-2H3,(H,25,26). The summed E-state index contributed by atoms with van der Waals surface area (Å²) in [5.41, 5.74) is -0.839. The molecular formula is C19H24FN3O4. The number of piperazine rings is 1. The molecular weight excluding hydrogens is 353 g/mol. The summed E-state index contributed by atoms with van der Waals surface area (Å²) in [6.07, 6.45) is 1.84. The van der Waals surface area contributed by atoms with Crippen LogP contribution in [0.3, 0.4) is 0 Å². The highest BCUT2D eigenvalue weighted by Gasteiger charge is 2.54. The number of hydrogen-bond donors (Lipinski definition) is 2. The zero-order valence-electron chi connectivity index (χ0n) is 15.5. The monoisotopic (exact) mass is 377 g/mol. The molecule has 2 N–H and O–H groups in total. The summed E-state index contributed by atoms with van der Waals surface area (Å²) in [7, 11) is 1.22. The Morgan fingerprint density at radius 3 is 2.70 bits per heavy atom. The molecule has 1 aromatic carbocycles. The van der Waals surface area contributed by atoms with Crippen molar-refractivity contribution < 1.29 is 23.8 Å². The van der Waals surface area contributed by atoms with Crippen molar-refractivity contribution in [2.45, 2.75) is 37.5 Å². The number of anilines is 2. The van der Waals surface area contributed by atoms with E-state index in [2.05, 4.69) is 5.32 Å². The summed E-state index contributed by atoms with van der Waals surface area (Å²) < 4.78 is 20.1. The van der Waals surface area contributed by atoms with Crippen molar-refractivity contribution in [3.05, 3.63) is 23.5 Å². The lowest BCUT2D eigenvalue weighted by atomic mass is 9.86. The van der Waals surface area contributed by atoms with Gasteiger partial charge in [0.1, 0.15) is 5.82 Å². The van der Waals surface area contributed by atoms with Crippen LogP contribution in [0.5, 0.6) is 0 Å². The minimum absolute atomic E-state index is 0.0572. The molecule has 7 nitrogen and oxygen atoms in total. The molecule has 2 heterocycles. The normalized spacial score (nSPS) is 28.3. The molecule has 8 heteroatoms. The van der Waals surface area contributed by atoms with Crippen molar-refractivity contribution in [3.8, 4) is 0 Å². The number of carbonyl (C=O) groups excluding carboxylic acids is 1. The van der Waals surface area contributed by atoms with E-state index in [0.717, 1.165) is 19.4 Å². The van der Waals surface area contributed by atoms with Crippen molar-refractivity contribution in [1.29, 1.82) is 0 Å². The molecule has 2 aliphatic heterocycles. The molecule has 4 rings (SSSR count). The molecule has 0 radical (unpaired) electrons. The Labute approximate surface area is 157 Å². The number of ether oxygens (including phenoxy) is 1. The molecule has 0 spiro atoms. The van der Waals surface area contributed by atoms with Crippen molar-refractivity contribution in [2.75, 3.05) is 43.1 Å². The van der Waals surface area contributed by atoms with Crippen LogP contribution < -0.4 is 15.1 Å². The van der Waals surface area contributed by atoms with E-state index in [1.807, 2.05) is 16.7 Å². The number of hydrogen-bond acceptors (Lipinski definition) is 6. The third-order valence-electron chi connectivity index (χ3n) is 5.77. The second-order valence-electron chi connectivity index (χ2n) is 7.65. The second kappa shape index (κ2) is 6.45. The predicted molar refractivity (Wildman–Crippen MR) is 98.2 cm³/mol. The van der Waals surface area contributed by atoms with Gasteiger partial charge in [-0.1, -0.05) is 0 Å². The lowest BCUT2D eigenvalue weighted by molar-refractivity contribution is -0.155. The molecule has 2 fully saturated rings. The number of carbonyl (C=O) groups is 2. The van der Waals surface area contributed by atoms with Crippen LogP contribution in [0, 0.1) is 5.82 Å². The highest BCUT2D eigenvalue weighted by atomic mass is 19.1. The molecule has 0 amide bonds. The number of nitrogens with one attached hydrogen (secondary N) is 1. The summed E-state index contributed by atoms with van der Waals surface area (Å²) in [6.45, 7) is 4.09. The highest BCUT2D eigenvalue weighted by molar-refractivity contribution is 6.19. The number of rotatable bonds is 4. The summed E-state index contributed by atoms with van der Waals surface area (Å²) in [6, 6.07) is 3.29. The fourth-order valence-corrected chi connectivity index (χ4v) is 4.10. The summed E-state index contributed by atoms with van der Waals surface area (Å²) in [4.78, 5) is 28.7. The van der Waals surface area contributed by atoms with Gasteiger partial charge < -0.3 is 25.0 Å². The number of carboxylic acid groups (broad SMARTS) is 1. The van der Waals surface area contributed by atoms with E-state index in [4.69, 9.17) is 4.74 Å². The van der Waals surface area contributed by atoms with Crippen LogP contribution >= 0.6 is 0 Å². The topological polar surface area (TPSA) is 82.1 Å². The Bertz CT molecular complexity index is 797. The van der Waals surface area contributed by atoms with Crippen LogP contribution in [0.4, 0.5) is 15.8 Å². The van der Waals surface area contributed by atoms with Gasteiger partial charge in [0.25, 0.3) is 0 Å². The first-order valence-electron chi connectivity index (χ1n) is 9.29. The van der Waals surface area contributed by atoms with E-state index in [9.17, 15) is 19.1 Å². The van der Waals surface area contributed by atoms with Crippen molar-refractivity contribution in [2.24, 2.45) is 0 Å². The molecule has 1 aromatic rings. The maximum atomic E-state index is 14.9. The largest absolute Gasteiger partial charge is 0.479 e. The van der Waals surface area contributed by atoms with Crippen LogP contribution in [0.15, 0.2) is 12.1 Å². The highest BCUT2D eigenvalue weighted by Crippen LogP contribution is 2.43. The van der Waals surface area contributed by atoms with Gasteiger partial charge in [0.05, 0.1) is 17.9 Å². The number of halogens is 1. The zero-order valence-corrected chi connectivity index (χ0v) is 15.5. The first-order chi connectivity index (χ1) is 12.9. The Balaban J connectivity index is 1.81. The van der Waals surface area contributed by atoms with Crippen molar-refractivity contribution in [1.82, 2.24) is 5.32 Å². The van der Waals surface area contributed by atoms with E-state index >= 15 is 0 Å². The molecule has 0 bridgehead atoms. The average molecular weight is 377 g/mol. The lowest BCUT2D eigenvalue weighted by Gasteiger charge is -2.41. The van der Waals surface area contributed by atoms with Crippen LogP contribution in [0.25, 0.3) is 0 Å². The molecule has 2 atom stereocenters. The number of fused-ring (bicyclic) bond motifs is 1. The maximum absolute atomic E-state index is 14.9. The molecule has 1 saturated carbocycles. The Kier molecular flexibility index (Phi) is 4.35. The molecule has 0 aromatic heterocycles. The first kappa shape index (κ1) is 18.2. The zero-order chi connectivity index (χ0) is 19.3. The average Bonchev–Trinajstić information content (AvgIpc) is 3.47. The Hall–Kier alpha value is -2.19. The number of methoxy groups -OCH3 is 1. The van der Waals surface area contributed by atoms with E-state index in [1.165, 1.54) is 13.2 Å². The van der Waals surface area contributed by atoms with Gasteiger partial charge in [-0.25, -0.2) is 9.18 Å². The van der Waals surface area contributed by atoms with Gasteiger partial charge in [0.2, 0.25) is 11.4 Å². The Morgan fingerprint density at radius 2 is 2.11 bits per heavy atom. The third kappa shape index (κ3) is 2.87. The minimum atomic E-state index is -1.99. The molecule has 146 valence electrons. The quantitative estimate of drug-likeness (QED) is 0.765. The van der Waals surface area contributed by atoms with Crippen LogP contribution in [-0.2, 0) is 9.53 Å². The van der Waals surface area contributed by atoms with Gasteiger partial charge in [-0.05, 0) is 31.9 Å². The van der Waals surface area contributed by atoms with Gasteiger partial charge in [-0.3, -0.25) is 4.79 Å². The van der Waals surface area contributed by atoms with Gasteiger partial charge in [-0.2, -0.15) is 0 Å². The summed E-state index contributed by atoms with van der Waals surface area (Å²) >= 11 is 0.